The van der Waals surface area contributed by atoms with E-state index in [1.165, 1.54) is 31.5 Å². The van der Waals surface area contributed by atoms with Crippen LogP contribution < -0.4 is 15.0 Å². The topological polar surface area (TPSA) is 100 Å². The molecule has 0 aliphatic carbocycles. The Balaban J connectivity index is 1.56. The van der Waals surface area contributed by atoms with Gasteiger partial charge in [-0.15, -0.1) is 0 Å². The lowest BCUT2D eigenvalue weighted by atomic mass is 9.74. The largest absolute Gasteiger partial charge is 0.508 e. The smallest absolute Gasteiger partial charge is 0.318 e. The number of aryl methyl sites for hydroxylation is 1. The number of methoxy groups -OCH3 is 1. The molecule has 2 aromatic carbocycles. The fourth-order valence-electron chi connectivity index (χ4n) is 5.63. The number of hydrogen-bond donors (Lipinski definition) is 2. The van der Waals surface area contributed by atoms with Crippen LogP contribution in [0.2, 0.25) is 0 Å². The fraction of sp³-hybridized carbons (Fsp3) is 0.333. The molecule has 0 bridgehead atoms. The molecule has 1 unspecified atom stereocenters. The van der Waals surface area contributed by atoms with Crippen LogP contribution in [-0.4, -0.2) is 52.7 Å². The first-order chi connectivity index (χ1) is 17.8. The minimum Gasteiger partial charge on any atom is -0.508 e. The highest BCUT2D eigenvalue weighted by atomic mass is 19.1. The maximum Gasteiger partial charge on any atom is 0.318 e. The van der Waals surface area contributed by atoms with E-state index in [0.29, 0.717) is 53.6 Å². The Labute approximate surface area is 211 Å². The number of phenolic OH excluding ortho intramolecular Hbond substituents is 1. The molecular weight excluding hydrogens is 480 g/mol. The predicted octanol–water partition coefficient (Wildman–Crippen LogP) is 4.12. The number of carbonyl (C=O) groups is 1. The summed E-state index contributed by atoms with van der Waals surface area (Å²) in [7, 11) is 1.40. The van der Waals surface area contributed by atoms with E-state index >= 15 is 4.39 Å². The number of β-lactam (4-membered cyclic amide) rings is 1. The molecule has 1 atom stereocenters. The van der Waals surface area contributed by atoms with Crippen molar-refractivity contribution < 1.29 is 23.4 Å². The molecule has 1 amide bonds. The van der Waals surface area contributed by atoms with Gasteiger partial charge in [0.1, 0.15) is 28.6 Å². The number of benzene rings is 2. The van der Waals surface area contributed by atoms with Crippen LogP contribution in [0, 0.1) is 17.0 Å². The van der Waals surface area contributed by atoms with Gasteiger partial charge in [-0.3, -0.25) is 9.78 Å². The summed E-state index contributed by atoms with van der Waals surface area (Å²) < 4.78 is 36.2. The van der Waals surface area contributed by atoms with Gasteiger partial charge in [0.15, 0.2) is 5.82 Å². The van der Waals surface area contributed by atoms with Gasteiger partial charge in [0.05, 0.1) is 17.9 Å². The lowest BCUT2D eigenvalue weighted by molar-refractivity contribution is -0.140. The Morgan fingerprint density at radius 1 is 1.24 bits per heavy atom. The monoisotopic (exact) mass is 505 g/mol. The van der Waals surface area contributed by atoms with Crippen molar-refractivity contribution in [3.05, 3.63) is 47.7 Å². The summed E-state index contributed by atoms with van der Waals surface area (Å²) in [5.74, 6) is -0.765. The summed E-state index contributed by atoms with van der Waals surface area (Å²) in [6, 6.07) is 5.78. The van der Waals surface area contributed by atoms with Gasteiger partial charge in [0.25, 0.3) is 0 Å². The third-order valence-corrected chi connectivity index (χ3v) is 7.53. The maximum atomic E-state index is 16.2. The number of hydrogen-bond acceptors (Lipinski definition) is 7. The van der Waals surface area contributed by atoms with Gasteiger partial charge in [-0.25, -0.2) is 8.78 Å². The third-order valence-electron chi connectivity index (χ3n) is 7.53. The van der Waals surface area contributed by atoms with Crippen molar-refractivity contribution >= 4 is 33.4 Å². The van der Waals surface area contributed by atoms with Gasteiger partial charge in [-0.2, -0.15) is 9.97 Å². The van der Waals surface area contributed by atoms with Crippen molar-refractivity contribution in [3.8, 4) is 23.0 Å². The van der Waals surface area contributed by atoms with Crippen LogP contribution >= 0.6 is 0 Å². The van der Waals surface area contributed by atoms with Gasteiger partial charge >= 0.3 is 6.01 Å². The Kier molecular flexibility index (Phi) is 5.36. The minimum atomic E-state index is -0.731. The predicted molar refractivity (Wildman–Crippen MR) is 135 cm³/mol. The van der Waals surface area contributed by atoms with Crippen molar-refractivity contribution in [1.29, 1.82) is 0 Å². The van der Waals surface area contributed by atoms with E-state index in [4.69, 9.17) is 4.74 Å². The molecular formula is C27H25F2N5O3. The number of aromatic hydroxyl groups is 1. The van der Waals surface area contributed by atoms with Crippen LogP contribution in [-0.2, 0) is 11.2 Å². The molecule has 2 aliphatic rings. The molecule has 2 aromatic heterocycles. The van der Waals surface area contributed by atoms with Gasteiger partial charge in [0, 0.05) is 31.4 Å². The Morgan fingerprint density at radius 2 is 2.08 bits per heavy atom. The Hall–Kier alpha value is -4.08. The number of rotatable bonds is 4. The van der Waals surface area contributed by atoms with Crippen molar-refractivity contribution in [2.75, 3.05) is 31.6 Å². The average Bonchev–Trinajstić information content (AvgIpc) is 2.91. The summed E-state index contributed by atoms with van der Waals surface area (Å²) in [4.78, 5) is 27.5. The van der Waals surface area contributed by atoms with Crippen molar-refractivity contribution in [2.24, 2.45) is 5.41 Å². The van der Waals surface area contributed by atoms with Crippen LogP contribution in [0.25, 0.3) is 32.9 Å². The summed E-state index contributed by atoms with van der Waals surface area (Å²) in [5.41, 5.74) is 0.139. The molecule has 10 heteroatoms. The van der Waals surface area contributed by atoms with Crippen molar-refractivity contribution in [3.63, 3.8) is 0 Å². The van der Waals surface area contributed by atoms with Crippen LogP contribution in [0.15, 0.2) is 30.5 Å². The van der Waals surface area contributed by atoms with Crippen molar-refractivity contribution in [1.82, 2.24) is 20.3 Å². The number of piperidine rings is 1. The first kappa shape index (κ1) is 23.3. The van der Waals surface area contributed by atoms with Crippen LogP contribution in [0.1, 0.15) is 25.3 Å². The number of amides is 1. The standard InChI is InChI=1S/C27H25F2N5O3/c1-3-16-19(28)6-5-14-9-15(35)10-17(20(14)16)22-21(29)23-18(11-30-22)24(33-26(32-23)37-2)34-8-4-7-27(13-34)12-31-25(27)36/h5-6,9-11,35H,3-4,7-8,12-13H2,1-2H3,(H,31,36). The number of ether oxygens (including phenoxy) is 1. The molecule has 2 aliphatic heterocycles. The summed E-state index contributed by atoms with van der Waals surface area (Å²) in [6.07, 6.45) is 3.44. The van der Waals surface area contributed by atoms with Crippen LogP contribution in [0.5, 0.6) is 11.8 Å². The molecule has 1 spiro atoms. The number of halogens is 2. The van der Waals surface area contributed by atoms with Crippen molar-refractivity contribution in [2.45, 2.75) is 26.2 Å². The average molecular weight is 506 g/mol. The van der Waals surface area contributed by atoms with E-state index in [0.717, 1.165) is 12.8 Å². The van der Waals surface area contributed by atoms with Crippen LogP contribution in [0.3, 0.4) is 0 Å². The number of anilines is 1. The molecule has 2 saturated heterocycles. The Bertz CT molecular complexity index is 1590. The van der Waals surface area contributed by atoms with E-state index in [1.54, 1.807) is 6.07 Å². The molecule has 8 nitrogen and oxygen atoms in total. The van der Waals surface area contributed by atoms with E-state index < -0.39 is 17.0 Å². The summed E-state index contributed by atoms with van der Waals surface area (Å²) in [6.45, 7) is 3.51. The quantitative estimate of drug-likeness (QED) is 0.403. The zero-order chi connectivity index (χ0) is 25.9. The molecule has 0 saturated carbocycles. The second kappa shape index (κ2) is 8.50. The van der Waals surface area contributed by atoms with Gasteiger partial charge in [0.2, 0.25) is 5.91 Å². The number of aromatic nitrogens is 3. The molecule has 4 heterocycles. The molecule has 4 aromatic rings. The summed E-state index contributed by atoms with van der Waals surface area (Å²) in [5, 5.41) is 14.6. The second-order valence-corrected chi connectivity index (χ2v) is 9.68. The second-order valence-electron chi connectivity index (χ2n) is 9.68. The minimum absolute atomic E-state index is 0.00419. The van der Waals surface area contributed by atoms with E-state index in [-0.39, 0.29) is 34.4 Å². The first-order valence-corrected chi connectivity index (χ1v) is 12.2. The van der Waals surface area contributed by atoms with Gasteiger partial charge in [-0.1, -0.05) is 13.0 Å². The zero-order valence-electron chi connectivity index (χ0n) is 20.4. The van der Waals surface area contributed by atoms with E-state index in [2.05, 4.69) is 20.3 Å². The number of nitrogens with one attached hydrogen (secondary N) is 1. The first-order valence-electron chi connectivity index (χ1n) is 12.2. The molecule has 37 heavy (non-hydrogen) atoms. The molecule has 2 fully saturated rings. The Morgan fingerprint density at radius 3 is 2.78 bits per heavy atom. The van der Waals surface area contributed by atoms with Crippen LogP contribution in [0.4, 0.5) is 14.6 Å². The number of fused-ring (bicyclic) bond motifs is 2. The number of carbonyl (C=O) groups excluding carboxylic acids is 1. The lowest BCUT2D eigenvalue weighted by Gasteiger charge is -2.47. The highest BCUT2D eigenvalue weighted by Crippen LogP contribution is 2.41. The van der Waals surface area contributed by atoms with E-state index in [9.17, 15) is 14.3 Å². The highest BCUT2D eigenvalue weighted by molar-refractivity contribution is 6.02. The zero-order valence-corrected chi connectivity index (χ0v) is 20.4. The maximum absolute atomic E-state index is 16.2. The van der Waals surface area contributed by atoms with Gasteiger partial charge in [-0.05, 0) is 53.8 Å². The third kappa shape index (κ3) is 3.53. The lowest BCUT2D eigenvalue weighted by Crippen LogP contribution is -2.65. The van der Waals surface area contributed by atoms with E-state index in [1.807, 2.05) is 11.8 Å². The molecule has 6 rings (SSSR count). The number of pyridine rings is 1. The van der Waals surface area contributed by atoms with Gasteiger partial charge < -0.3 is 20.1 Å². The highest BCUT2D eigenvalue weighted by Gasteiger charge is 2.49. The molecule has 2 N–H and O–H groups in total. The SMILES string of the molecule is CCc1c(F)ccc2cc(O)cc(-c3ncc4c(N5CCCC6(CNC6=O)C5)nc(OC)nc4c3F)c12. The normalized spacial score (nSPS) is 19.4. The molecule has 190 valence electrons. The number of nitrogens with zero attached hydrogens (tertiary/aromatic N) is 4. The summed E-state index contributed by atoms with van der Waals surface area (Å²) >= 11 is 0. The molecule has 0 radical (unpaired) electrons. The number of phenols is 1. The fourth-order valence-corrected chi connectivity index (χ4v) is 5.63.